The van der Waals surface area contributed by atoms with Gasteiger partial charge in [0, 0.05) is 24.5 Å². The van der Waals surface area contributed by atoms with Gasteiger partial charge >= 0.3 is 0 Å². The molecule has 1 rings (SSSR count). The van der Waals surface area contributed by atoms with Crippen LogP contribution in [0.15, 0.2) is 24.5 Å². The highest BCUT2D eigenvalue weighted by Gasteiger charge is 2.25. The van der Waals surface area contributed by atoms with Crippen LogP contribution in [-0.4, -0.2) is 23.0 Å². The first kappa shape index (κ1) is 17.9. The van der Waals surface area contributed by atoms with Gasteiger partial charge in [-0.05, 0) is 30.9 Å². The van der Waals surface area contributed by atoms with Crippen molar-refractivity contribution in [2.45, 2.75) is 39.2 Å². The molecule has 0 bridgehead atoms. The Morgan fingerprint density at radius 2 is 2.21 bits per heavy atom. The van der Waals surface area contributed by atoms with Crippen LogP contribution in [0.5, 0.6) is 0 Å². The molecule has 1 unspecified atom stereocenters. The molecule has 0 saturated carbocycles. The van der Waals surface area contributed by atoms with Gasteiger partial charge in [0.05, 0.1) is 6.42 Å². The Hall–Kier alpha value is -1.13. The van der Waals surface area contributed by atoms with E-state index in [1.54, 1.807) is 12.4 Å². The van der Waals surface area contributed by atoms with Crippen molar-refractivity contribution in [1.82, 2.24) is 10.3 Å². The molecular formula is C14H24ClN3O. The monoisotopic (exact) mass is 285 g/mol. The third-order valence-corrected chi connectivity index (χ3v) is 2.84. The van der Waals surface area contributed by atoms with Gasteiger partial charge in [-0.1, -0.05) is 19.9 Å². The van der Waals surface area contributed by atoms with Crippen molar-refractivity contribution in [2.75, 3.05) is 6.54 Å². The zero-order valence-electron chi connectivity index (χ0n) is 11.8. The van der Waals surface area contributed by atoms with Crippen LogP contribution < -0.4 is 11.1 Å². The molecule has 19 heavy (non-hydrogen) atoms. The second-order valence-corrected chi connectivity index (χ2v) is 5.45. The number of aromatic nitrogens is 1. The summed E-state index contributed by atoms with van der Waals surface area (Å²) in [5, 5.41) is 3.03. The van der Waals surface area contributed by atoms with Crippen molar-refractivity contribution in [1.29, 1.82) is 0 Å². The zero-order valence-corrected chi connectivity index (χ0v) is 12.7. The first-order valence-corrected chi connectivity index (χ1v) is 6.35. The van der Waals surface area contributed by atoms with Crippen LogP contribution in [0.2, 0.25) is 0 Å². The molecule has 108 valence electrons. The number of rotatable bonds is 6. The summed E-state index contributed by atoms with van der Waals surface area (Å²) < 4.78 is 0. The summed E-state index contributed by atoms with van der Waals surface area (Å²) in [4.78, 5) is 16.0. The van der Waals surface area contributed by atoms with Gasteiger partial charge in [-0.25, -0.2) is 0 Å². The average Bonchev–Trinajstić information content (AvgIpc) is 2.28. The molecule has 1 aromatic heterocycles. The Kier molecular flexibility index (Phi) is 7.64. The predicted octanol–water partition coefficient (Wildman–Crippen LogP) is 1.93. The summed E-state index contributed by atoms with van der Waals surface area (Å²) in [6.07, 6.45) is 4.63. The number of hydrogen-bond donors (Lipinski definition) is 2. The Morgan fingerprint density at radius 3 is 2.68 bits per heavy atom. The van der Waals surface area contributed by atoms with Crippen LogP contribution in [0.25, 0.3) is 0 Å². The van der Waals surface area contributed by atoms with Crippen molar-refractivity contribution in [2.24, 2.45) is 11.7 Å². The second kappa shape index (κ2) is 8.12. The molecule has 1 amide bonds. The Balaban J connectivity index is 0.00000324. The molecule has 4 nitrogen and oxygen atoms in total. The van der Waals surface area contributed by atoms with E-state index in [2.05, 4.69) is 24.1 Å². The lowest BCUT2D eigenvalue weighted by molar-refractivity contribution is -0.122. The first-order chi connectivity index (χ1) is 8.45. The normalized spacial score (nSPS) is 13.5. The van der Waals surface area contributed by atoms with E-state index in [1.807, 2.05) is 19.1 Å². The summed E-state index contributed by atoms with van der Waals surface area (Å²) in [5.41, 5.74) is 6.36. The fourth-order valence-electron chi connectivity index (χ4n) is 2.16. The van der Waals surface area contributed by atoms with E-state index in [0.29, 0.717) is 18.9 Å². The Labute approximate surface area is 121 Å². The molecule has 0 radical (unpaired) electrons. The number of nitrogens with zero attached hydrogens (tertiary/aromatic N) is 1. The lowest BCUT2D eigenvalue weighted by Gasteiger charge is -2.31. The van der Waals surface area contributed by atoms with Gasteiger partial charge in [0.15, 0.2) is 0 Å². The standard InChI is InChI=1S/C14H23N3O.ClH/c1-11(2)8-14(3,10-15)17-13(18)7-12-5-4-6-16-9-12;/h4-6,9,11H,7-8,10,15H2,1-3H3,(H,17,18);1H. The highest BCUT2D eigenvalue weighted by molar-refractivity contribution is 5.85. The number of pyridine rings is 1. The van der Waals surface area contributed by atoms with E-state index in [-0.39, 0.29) is 23.9 Å². The minimum Gasteiger partial charge on any atom is -0.349 e. The summed E-state index contributed by atoms with van der Waals surface area (Å²) >= 11 is 0. The van der Waals surface area contributed by atoms with Gasteiger partial charge in [-0.15, -0.1) is 12.4 Å². The molecule has 1 heterocycles. The molecule has 0 saturated heterocycles. The molecule has 0 aliphatic heterocycles. The van der Waals surface area contributed by atoms with Crippen LogP contribution in [0, 0.1) is 5.92 Å². The largest absolute Gasteiger partial charge is 0.349 e. The van der Waals surface area contributed by atoms with Crippen molar-refractivity contribution in [3.63, 3.8) is 0 Å². The molecule has 1 aromatic rings. The molecule has 5 heteroatoms. The molecule has 0 fully saturated rings. The maximum absolute atomic E-state index is 12.0. The maximum Gasteiger partial charge on any atom is 0.224 e. The Bertz CT molecular complexity index is 384. The molecule has 0 aliphatic rings. The van der Waals surface area contributed by atoms with E-state index in [9.17, 15) is 4.79 Å². The van der Waals surface area contributed by atoms with Gasteiger partial charge in [-0.2, -0.15) is 0 Å². The molecule has 0 spiro atoms. The Morgan fingerprint density at radius 1 is 1.53 bits per heavy atom. The smallest absolute Gasteiger partial charge is 0.224 e. The van der Waals surface area contributed by atoms with Gasteiger partial charge in [-0.3, -0.25) is 9.78 Å². The van der Waals surface area contributed by atoms with Crippen LogP contribution in [0.4, 0.5) is 0 Å². The number of carbonyl (C=O) groups is 1. The number of carbonyl (C=O) groups excluding carboxylic acids is 1. The predicted molar refractivity (Wildman–Crippen MR) is 80.2 cm³/mol. The highest BCUT2D eigenvalue weighted by atomic mass is 35.5. The first-order valence-electron chi connectivity index (χ1n) is 6.35. The van der Waals surface area contributed by atoms with Crippen LogP contribution in [0.3, 0.4) is 0 Å². The van der Waals surface area contributed by atoms with E-state index in [4.69, 9.17) is 5.73 Å². The number of halogens is 1. The SMILES string of the molecule is CC(C)CC(C)(CN)NC(=O)Cc1cccnc1.Cl. The fraction of sp³-hybridized carbons (Fsp3) is 0.571. The molecule has 0 aromatic carbocycles. The quantitative estimate of drug-likeness (QED) is 0.839. The minimum absolute atomic E-state index is 0. The molecular weight excluding hydrogens is 262 g/mol. The van der Waals surface area contributed by atoms with Crippen molar-refractivity contribution in [3.05, 3.63) is 30.1 Å². The van der Waals surface area contributed by atoms with Crippen LogP contribution >= 0.6 is 12.4 Å². The second-order valence-electron chi connectivity index (χ2n) is 5.45. The lowest BCUT2D eigenvalue weighted by Crippen LogP contribution is -2.52. The van der Waals surface area contributed by atoms with E-state index < -0.39 is 0 Å². The van der Waals surface area contributed by atoms with E-state index >= 15 is 0 Å². The summed E-state index contributed by atoms with van der Waals surface area (Å²) in [6.45, 7) is 6.69. The fourth-order valence-corrected chi connectivity index (χ4v) is 2.16. The summed E-state index contributed by atoms with van der Waals surface area (Å²) in [5.74, 6) is 0.494. The lowest BCUT2D eigenvalue weighted by atomic mass is 9.90. The van der Waals surface area contributed by atoms with Gasteiger partial charge in [0.2, 0.25) is 5.91 Å². The summed E-state index contributed by atoms with van der Waals surface area (Å²) in [6, 6.07) is 3.73. The third-order valence-electron chi connectivity index (χ3n) is 2.84. The minimum atomic E-state index is -0.326. The topological polar surface area (TPSA) is 68.0 Å². The zero-order chi connectivity index (χ0) is 13.6. The number of amides is 1. The van der Waals surface area contributed by atoms with Crippen molar-refractivity contribution >= 4 is 18.3 Å². The van der Waals surface area contributed by atoms with Crippen molar-refractivity contribution in [3.8, 4) is 0 Å². The van der Waals surface area contributed by atoms with Gasteiger partial charge in [0.1, 0.15) is 0 Å². The molecule has 3 N–H and O–H groups in total. The van der Waals surface area contributed by atoms with Gasteiger partial charge in [0.25, 0.3) is 0 Å². The maximum atomic E-state index is 12.0. The number of nitrogens with one attached hydrogen (secondary N) is 1. The van der Waals surface area contributed by atoms with E-state index in [1.165, 1.54) is 0 Å². The molecule has 1 atom stereocenters. The number of hydrogen-bond acceptors (Lipinski definition) is 3. The van der Waals surface area contributed by atoms with Crippen LogP contribution in [-0.2, 0) is 11.2 Å². The van der Waals surface area contributed by atoms with Crippen molar-refractivity contribution < 1.29 is 4.79 Å². The highest BCUT2D eigenvalue weighted by Crippen LogP contribution is 2.15. The third kappa shape index (κ3) is 6.55. The average molecular weight is 286 g/mol. The molecule has 0 aliphatic carbocycles. The van der Waals surface area contributed by atoms with Gasteiger partial charge < -0.3 is 11.1 Å². The van der Waals surface area contributed by atoms with Crippen LogP contribution in [0.1, 0.15) is 32.8 Å². The number of nitrogens with two attached hydrogens (primary N) is 1. The summed E-state index contributed by atoms with van der Waals surface area (Å²) in [7, 11) is 0. The van der Waals surface area contributed by atoms with E-state index in [0.717, 1.165) is 12.0 Å².